The van der Waals surface area contributed by atoms with Gasteiger partial charge in [-0.15, -0.1) is 0 Å². The first-order valence-electron chi connectivity index (χ1n) is 9.22. The minimum atomic E-state index is -0.174. The summed E-state index contributed by atoms with van der Waals surface area (Å²) in [4.78, 5) is 14.5. The van der Waals surface area contributed by atoms with Gasteiger partial charge in [0.15, 0.2) is 11.5 Å². The highest BCUT2D eigenvalue weighted by atomic mass is 16.6. The number of methoxy groups -OCH3 is 1. The van der Waals surface area contributed by atoms with Crippen LogP contribution in [0, 0.1) is 0 Å². The lowest BCUT2D eigenvalue weighted by Gasteiger charge is -2.21. The molecule has 2 aromatic heterocycles. The molecular formula is C22H21NO6. The zero-order valence-corrected chi connectivity index (χ0v) is 16.0. The molecule has 3 aromatic rings. The van der Waals surface area contributed by atoms with Gasteiger partial charge in [0.05, 0.1) is 32.7 Å². The number of hydrogen-bond acceptors (Lipinski definition) is 6. The predicted octanol–water partition coefficient (Wildman–Crippen LogP) is 3.89. The molecule has 0 saturated carbocycles. The van der Waals surface area contributed by atoms with Gasteiger partial charge in [0.25, 0.3) is 0 Å². The van der Waals surface area contributed by atoms with Gasteiger partial charge in [-0.3, -0.25) is 4.79 Å². The van der Waals surface area contributed by atoms with Crippen molar-refractivity contribution in [2.24, 2.45) is 0 Å². The Labute approximate surface area is 168 Å². The van der Waals surface area contributed by atoms with Crippen molar-refractivity contribution in [3.05, 3.63) is 72.1 Å². The quantitative estimate of drug-likeness (QED) is 0.565. The van der Waals surface area contributed by atoms with Crippen LogP contribution in [-0.2, 0) is 17.9 Å². The fraction of sp³-hybridized carbons (Fsp3) is 0.227. The van der Waals surface area contributed by atoms with Crippen molar-refractivity contribution in [1.29, 1.82) is 0 Å². The van der Waals surface area contributed by atoms with E-state index in [1.54, 1.807) is 48.8 Å². The number of rotatable bonds is 7. The number of hydrogen-bond donors (Lipinski definition) is 0. The van der Waals surface area contributed by atoms with Crippen LogP contribution in [0.4, 0.5) is 0 Å². The van der Waals surface area contributed by atoms with Crippen LogP contribution in [0.3, 0.4) is 0 Å². The van der Waals surface area contributed by atoms with Gasteiger partial charge in [0, 0.05) is 6.08 Å². The molecule has 1 aliphatic heterocycles. The maximum absolute atomic E-state index is 12.9. The van der Waals surface area contributed by atoms with Crippen LogP contribution in [0.15, 0.2) is 63.8 Å². The number of fused-ring (bicyclic) bond motifs is 1. The summed E-state index contributed by atoms with van der Waals surface area (Å²) in [5.41, 5.74) is 0.774. The first-order valence-corrected chi connectivity index (χ1v) is 9.22. The van der Waals surface area contributed by atoms with Crippen LogP contribution in [0.1, 0.15) is 17.1 Å². The Morgan fingerprint density at radius 1 is 1.07 bits per heavy atom. The number of amides is 1. The van der Waals surface area contributed by atoms with Crippen molar-refractivity contribution < 1.29 is 27.8 Å². The number of carbonyl (C=O) groups is 1. The van der Waals surface area contributed by atoms with E-state index in [1.165, 1.54) is 6.08 Å². The molecule has 1 aromatic carbocycles. The lowest BCUT2D eigenvalue weighted by atomic mass is 10.1. The van der Waals surface area contributed by atoms with Gasteiger partial charge in [-0.1, -0.05) is 0 Å². The lowest BCUT2D eigenvalue weighted by Crippen LogP contribution is -2.28. The Morgan fingerprint density at radius 2 is 1.76 bits per heavy atom. The Balaban J connectivity index is 1.54. The molecule has 150 valence electrons. The summed E-state index contributed by atoms with van der Waals surface area (Å²) < 4.78 is 27.4. The van der Waals surface area contributed by atoms with E-state index in [0.717, 1.165) is 5.56 Å². The maximum atomic E-state index is 12.9. The number of benzene rings is 1. The fourth-order valence-electron chi connectivity index (χ4n) is 3.06. The second-order valence-corrected chi connectivity index (χ2v) is 6.43. The van der Waals surface area contributed by atoms with Crippen molar-refractivity contribution in [3.63, 3.8) is 0 Å². The number of ether oxygens (including phenoxy) is 3. The third kappa shape index (κ3) is 4.45. The van der Waals surface area contributed by atoms with E-state index in [1.807, 2.05) is 18.2 Å². The number of nitrogens with zero attached hydrogens (tertiary/aromatic N) is 1. The molecule has 7 nitrogen and oxygen atoms in total. The smallest absolute Gasteiger partial charge is 0.247 e. The first kappa shape index (κ1) is 18.7. The molecule has 0 aliphatic carbocycles. The van der Waals surface area contributed by atoms with Crippen LogP contribution in [0.25, 0.3) is 6.08 Å². The second kappa shape index (κ2) is 8.60. The van der Waals surface area contributed by atoms with Crippen molar-refractivity contribution in [1.82, 2.24) is 4.90 Å². The van der Waals surface area contributed by atoms with Crippen LogP contribution >= 0.6 is 0 Å². The van der Waals surface area contributed by atoms with Crippen molar-refractivity contribution in [3.8, 4) is 17.2 Å². The number of carbonyl (C=O) groups excluding carboxylic acids is 1. The van der Waals surface area contributed by atoms with Gasteiger partial charge in [0.2, 0.25) is 11.7 Å². The molecule has 0 spiro atoms. The largest absolute Gasteiger partial charge is 0.493 e. The summed E-state index contributed by atoms with van der Waals surface area (Å²) in [6.45, 7) is 1.62. The molecule has 0 unspecified atom stereocenters. The van der Waals surface area contributed by atoms with Crippen LogP contribution in [0.5, 0.6) is 17.2 Å². The van der Waals surface area contributed by atoms with Gasteiger partial charge in [-0.05, 0) is 48.0 Å². The molecule has 0 fully saturated rings. The third-order valence-corrected chi connectivity index (χ3v) is 4.43. The highest BCUT2D eigenvalue weighted by Gasteiger charge is 2.19. The average Bonchev–Trinajstić information content (AvgIpc) is 3.45. The summed E-state index contributed by atoms with van der Waals surface area (Å²) in [6, 6.07) is 10.9. The maximum Gasteiger partial charge on any atom is 0.247 e. The minimum Gasteiger partial charge on any atom is -0.493 e. The average molecular weight is 395 g/mol. The summed E-state index contributed by atoms with van der Waals surface area (Å²) in [6.07, 6.45) is 6.40. The van der Waals surface area contributed by atoms with Gasteiger partial charge < -0.3 is 27.9 Å². The highest BCUT2D eigenvalue weighted by molar-refractivity contribution is 5.92. The van der Waals surface area contributed by atoms with Gasteiger partial charge >= 0.3 is 0 Å². The molecule has 1 amide bonds. The Bertz CT molecular complexity index is 922. The summed E-state index contributed by atoms with van der Waals surface area (Å²) in [7, 11) is 1.57. The number of furan rings is 2. The second-order valence-electron chi connectivity index (χ2n) is 6.43. The van der Waals surface area contributed by atoms with Crippen molar-refractivity contribution in [2.45, 2.75) is 13.1 Å². The first-order chi connectivity index (χ1) is 14.2. The third-order valence-electron chi connectivity index (χ3n) is 4.43. The minimum absolute atomic E-state index is 0.174. The van der Waals surface area contributed by atoms with E-state index in [-0.39, 0.29) is 5.91 Å². The zero-order chi connectivity index (χ0) is 20.1. The van der Waals surface area contributed by atoms with Gasteiger partial charge in [-0.2, -0.15) is 0 Å². The van der Waals surface area contributed by atoms with E-state index in [2.05, 4.69) is 0 Å². The fourth-order valence-corrected chi connectivity index (χ4v) is 3.06. The molecule has 1 aliphatic rings. The van der Waals surface area contributed by atoms with Crippen LogP contribution in [0.2, 0.25) is 0 Å². The predicted molar refractivity (Wildman–Crippen MR) is 105 cm³/mol. The molecule has 0 radical (unpaired) electrons. The molecule has 3 heterocycles. The molecule has 0 bridgehead atoms. The van der Waals surface area contributed by atoms with Crippen molar-refractivity contribution >= 4 is 12.0 Å². The van der Waals surface area contributed by atoms with E-state index in [0.29, 0.717) is 55.1 Å². The Morgan fingerprint density at radius 3 is 2.38 bits per heavy atom. The van der Waals surface area contributed by atoms with E-state index >= 15 is 0 Å². The standard InChI is InChI=1S/C22H21NO6/c1-25-19-12-16(13-20-22(19)29-11-10-28-20)6-7-21(24)23(14-17-4-2-8-26-17)15-18-5-3-9-27-18/h2-9,12-13H,10-11,14-15H2,1H3/b7-6+. The molecular weight excluding hydrogens is 374 g/mol. The topological polar surface area (TPSA) is 74.3 Å². The summed E-state index contributed by atoms with van der Waals surface area (Å²) in [5, 5.41) is 0. The van der Waals surface area contributed by atoms with E-state index < -0.39 is 0 Å². The Hall–Kier alpha value is -3.61. The van der Waals surface area contributed by atoms with Crippen LogP contribution < -0.4 is 14.2 Å². The molecule has 7 heteroatoms. The molecule has 29 heavy (non-hydrogen) atoms. The molecule has 0 atom stereocenters. The van der Waals surface area contributed by atoms with Crippen LogP contribution in [-0.4, -0.2) is 31.1 Å². The van der Waals surface area contributed by atoms with Crippen molar-refractivity contribution in [2.75, 3.05) is 20.3 Å². The molecule has 0 saturated heterocycles. The summed E-state index contributed by atoms with van der Waals surface area (Å²) in [5.74, 6) is 2.97. The normalized spacial score (nSPS) is 12.9. The lowest BCUT2D eigenvalue weighted by molar-refractivity contribution is -0.127. The SMILES string of the molecule is COc1cc(/C=C/C(=O)N(Cc2ccco2)Cc2ccco2)cc2c1OCCO2. The van der Waals surface area contributed by atoms with Gasteiger partial charge in [-0.25, -0.2) is 0 Å². The monoisotopic (exact) mass is 395 g/mol. The summed E-state index contributed by atoms with van der Waals surface area (Å²) >= 11 is 0. The zero-order valence-electron chi connectivity index (χ0n) is 16.0. The highest BCUT2D eigenvalue weighted by Crippen LogP contribution is 2.40. The molecule has 4 rings (SSSR count). The van der Waals surface area contributed by atoms with E-state index in [9.17, 15) is 4.79 Å². The van der Waals surface area contributed by atoms with Gasteiger partial charge in [0.1, 0.15) is 24.7 Å². The Kier molecular flexibility index (Phi) is 5.56. The molecule has 0 N–H and O–H groups in total. The van der Waals surface area contributed by atoms with E-state index in [4.69, 9.17) is 23.0 Å².